The molecular formula is C19H24N4O5. The average molecular weight is 388 g/mol. The monoisotopic (exact) mass is 388 g/mol. The van der Waals surface area contributed by atoms with Crippen molar-refractivity contribution in [1.29, 1.82) is 0 Å². The highest BCUT2D eigenvalue weighted by Gasteiger charge is 2.26. The van der Waals surface area contributed by atoms with Crippen LogP contribution in [0.25, 0.3) is 0 Å². The van der Waals surface area contributed by atoms with Gasteiger partial charge in [-0.05, 0) is 12.8 Å². The lowest BCUT2D eigenvalue weighted by atomic mass is 10.1. The molecule has 0 aliphatic carbocycles. The topological polar surface area (TPSA) is 95.0 Å². The highest BCUT2D eigenvalue weighted by molar-refractivity contribution is 5.90. The van der Waals surface area contributed by atoms with Crippen LogP contribution in [0.1, 0.15) is 12.8 Å². The zero-order chi connectivity index (χ0) is 19.9. The SMILES string of the molecule is COc1cc(NC(=O)N2CCCC(Oc3nccnc3OC)C2)cc(OC)c1. The van der Waals surface area contributed by atoms with Crippen LogP contribution in [0.4, 0.5) is 10.5 Å². The van der Waals surface area contributed by atoms with Crippen LogP contribution in [0, 0.1) is 0 Å². The second kappa shape index (κ2) is 9.12. The predicted octanol–water partition coefficient (Wildman–Crippen LogP) is 2.58. The molecule has 1 saturated heterocycles. The predicted molar refractivity (Wildman–Crippen MR) is 102 cm³/mol. The van der Waals surface area contributed by atoms with E-state index in [0.29, 0.717) is 42.0 Å². The molecule has 1 unspecified atom stereocenters. The van der Waals surface area contributed by atoms with E-state index in [2.05, 4.69) is 15.3 Å². The Morgan fingerprint density at radius 2 is 1.71 bits per heavy atom. The Labute approximate surface area is 163 Å². The highest BCUT2D eigenvalue weighted by Crippen LogP contribution is 2.27. The number of nitrogens with one attached hydrogen (secondary N) is 1. The van der Waals surface area contributed by atoms with Crippen LogP contribution in [-0.2, 0) is 0 Å². The highest BCUT2D eigenvalue weighted by atomic mass is 16.5. The van der Waals surface area contributed by atoms with Gasteiger partial charge >= 0.3 is 6.03 Å². The van der Waals surface area contributed by atoms with Gasteiger partial charge in [-0.15, -0.1) is 0 Å². The molecule has 3 rings (SSSR count). The van der Waals surface area contributed by atoms with E-state index in [4.69, 9.17) is 18.9 Å². The van der Waals surface area contributed by atoms with E-state index in [9.17, 15) is 4.79 Å². The number of methoxy groups -OCH3 is 3. The minimum Gasteiger partial charge on any atom is -0.497 e. The summed E-state index contributed by atoms with van der Waals surface area (Å²) in [4.78, 5) is 22.7. The Morgan fingerprint density at radius 3 is 2.36 bits per heavy atom. The van der Waals surface area contributed by atoms with Crippen molar-refractivity contribution in [2.75, 3.05) is 39.7 Å². The van der Waals surface area contributed by atoms with Gasteiger partial charge in [0.15, 0.2) is 0 Å². The van der Waals surface area contributed by atoms with Crippen molar-refractivity contribution < 1.29 is 23.7 Å². The van der Waals surface area contributed by atoms with E-state index in [1.54, 1.807) is 43.5 Å². The van der Waals surface area contributed by atoms with Gasteiger partial charge in [-0.2, -0.15) is 0 Å². The molecule has 1 aliphatic rings. The summed E-state index contributed by atoms with van der Waals surface area (Å²) in [7, 11) is 4.64. The smallest absolute Gasteiger partial charge is 0.321 e. The van der Waals surface area contributed by atoms with Gasteiger partial charge in [0.25, 0.3) is 11.8 Å². The van der Waals surface area contributed by atoms with E-state index >= 15 is 0 Å². The summed E-state index contributed by atoms with van der Waals surface area (Å²) in [5.41, 5.74) is 0.597. The first-order valence-corrected chi connectivity index (χ1v) is 8.93. The third-order valence-corrected chi connectivity index (χ3v) is 4.37. The van der Waals surface area contributed by atoms with Gasteiger partial charge in [-0.1, -0.05) is 0 Å². The fraction of sp³-hybridized carbons (Fsp3) is 0.421. The van der Waals surface area contributed by atoms with Crippen LogP contribution in [0.2, 0.25) is 0 Å². The number of urea groups is 1. The largest absolute Gasteiger partial charge is 0.497 e. The molecule has 0 radical (unpaired) electrons. The Morgan fingerprint density at radius 1 is 1.04 bits per heavy atom. The minimum absolute atomic E-state index is 0.190. The summed E-state index contributed by atoms with van der Waals surface area (Å²) in [6.07, 6.45) is 4.53. The molecule has 9 heteroatoms. The van der Waals surface area contributed by atoms with Gasteiger partial charge in [-0.3, -0.25) is 0 Å². The number of benzene rings is 1. The maximum atomic E-state index is 12.7. The van der Waals surface area contributed by atoms with Crippen LogP contribution in [0.5, 0.6) is 23.3 Å². The zero-order valence-corrected chi connectivity index (χ0v) is 16.2. The van der Waals surface area contributed by atoms with Gasteiger partial charge in [0.05, 0.1) is 27.9 Å². The quantitative estimate of drug-likeness (QED) is 0.813. The summed E-state index contributed by atoms with van der Waals surface area (Å²) < 4.78 is 21.6. The van der Waals surface area contributed by atoms with E-state index in [-0.39, 0.29) is 12.1 Å². The number of aromatic nitrogens is 2. The number of carbonyl (C=O) groups excluding carboxylic acids is 1. The molecule has 1 atom stereocenters. The van der Waals surface area contributed by atoms with Gasteiger partial charge < -0.3 is 29.2 Å². The molecule has 9 nitrogen and oxygen atoms in total. The fourth-order valence-corrected chi connectivity index (χ4v) is 2.99. The zero-order valence-electron chi connectivity index (χ0n) is 16.2. The molecule has 2 heterocycles. The molecule has 1 fully saturated rings. The minimum atomic E-state index is -0.213. The molecule has 28 heavy (non-hydrogen) atoms. The fourth-order valence-electron chi connectivity index (χ4n) is 2.99. The van der Waals surface area contributed by atoms with Crippen molar-refractivity contribution in [3.8, 4) is 23.3 Å². The number of piperidine rings is 1. The molecule has 0 saturated carbocycles. The van der Waals surface area contributed by atoms with Crippen LogP contribution in [0.3, 0.4) is 0 Å². The molecule has 1 aromatic carbocycles. The standard InChI is InChI=1S/C19H24N4O5/c1-25-15-9-13(10-16(11-15)26-2)22-19(24)23-8-4-5-14(12-23)28-18-17(27-3)20-6-7-21-18/h6-7,9-11,14H,4-5,8,12H2,1-3H3,(H,22,24). The maximum absolute atomic E-state index is 12.7. The summed E-state index contributed by atoms with van der Waals surface area (Å²) in [6, 6.07) is 5.01. The van der Waals surface area contributed by atoms with Crippen molar-refractivity contribution >= 4 is 11.7 Å². The number of hydrogen-bond acceptors (Lipinski definition) is 7. The Kier molecular flexibility index (Phi) is 6.36. The molecule has 2 aromatic rings. The number of carbonyl (C=O) groups is 1. The van der Waals surface area contributed by atoms with Gasteiger partial charge in [0.2, 0.25) is 0 Å². The molecule has 1 N–H and O–H groups in total. The normalized spacial score (nSPS) is 16.2. The maximum Gasteiger partial charge on any atom is 0.321 e. The summed E-state index contributed by atoms with van der Waals surface area (Å²) in [6.45, 7) is 1.08. The van der Waals surface area contributed by atoms with Gasteiger partial charge in [-0.25, -0.2) is 14.8 Å². The lowest BCUT2D eigenvalue weighted by Gasteiger charge is -2.32. The number of ether oxygens (including phenoxy) is 4. The first-order valence-electron chi connectivity index (χ1n) is 8.93. The van der Waals surface area contributed by atoms with E-state index in [0.717, 1.165) is 12.8 Å². The number of likely N-dealkylation sites (tertiary alicyclic amines) is 1. The van der Waals surface area contributed by atoms with Crippen molar-refractivity contribution in [1.82, 2.24) is 14.9 Å². The van der Waals surface area contributed by atoms with Crippen molar-refractivity contribution in [3.05, 3.63) is 30.6 Å². The number of anilines is 1. The molecule has 2 amide bonds. The molecule has 0 spiro atoms. The van der Waals surface area contributed by atoms with Crippen LogP contribution < -0.4 is 24.3 Å². The third kappa shape index (κ3) is 4.73. The summed E-state index contributed by atoms with van der Waals surface area (Å²) >= 11 is 0. The first kappa shape index (κ1) is 19.5. The second-order valence-corrected chi connectivity index (χ2v) is 6.23. The molecule has 0 bridgehead atoms. The molecular weight excluding hydrogens is 364 g/mol. The second-order valence-electron chi connectivity index (χ2n) is 6.23. The third-order valence-electron chi connectivity index (χ3n) is 4.37. The molecule has 1 aromatic heterocycles. The average Bonchev–Trinajstić information content (AvgIpc) is 2.74. The number of nitrogens with zero attached hydrogens (tertiary/aromatic N) is 3. The van der Waals surface area contributed by atoms with Crippen LogP contribution >= 0.6 is 0 Å². The van der Waals surface area contributed by atoms with Crippen LogP contribution in [-0.4, -0.2) is 61.4 Å². The van der Waals surface area contributed by atoms with Crippen molar-refractivity contribution in [3.63, 3.8) is 0 Å². The number of rotatable bonds is 6. The summed E-state index contributed by atoms with van der Waals surface area (Å²) in [5, 5.41) is 2.89. The van der Waals surface area contributed by atoms with E-state index < -0.39 is 0 Å². The van der Waals surface area contributed by atoms with Crippen molar-refractivity contribution in [2.45, 2.75) is 18.9 Å². The molecule has 150 valence electrons. The van der Waals surface area contributed by atoms with Crippen molar-refractivity contribution in [2.24, 2.45) is 0 Å². The Hall–Kier alpha value is -3.23. The summed E-state index contributed by atoms with van der Waals surface area (Å²) in [5.74, 6) is 1.86. The lowest BCUT2D eigenvalue weighted by molar-refractivity contribution is 0.0988. The Bertz CT molecular complexity index is 794. The first-order chi connectivity index (χ1) is 13.6. The lowest BCUT2D eigenvalue weighted by Crippen LogP contribution is -2.46. The van der Waals surface area contributed by atoms with Crippen LogP contribution in [0.15, 0.2) is 30.6 Å². The van der Waals surface area contributed by atoms with Gasteiger partial charge in [0.1, 0.15) is 17.6 Å². The number of hydrogen-bond donors (Lipinski definition) is 1. The Balaban J connectivity index is 1.64. The van der Waals surface area contributed by atoms with E-state index in [1.165, 1.54) is 13.3 Å². The number of amides is 2. The van der Waals surface area contributed by atoms with E-state index in [1.807, 2.05) is 0 Å². The molecule has 1 aliphatic heterocycles. The van der Waals surface area contributed by atoms with Gasteiger partial charge in [0, 0.05) is 42.8 Å².